The molecule has 1 aromatic carbocycles. The number of fused-ring (bicyclic) bond motifs is 1. The third-order valence-corrected chi connectivity index (χ3v) is 3.84. The molecule has 3 rings (SSSR count). The fourth-order valence-corrected chi connectivity index (χ4v) is 2.52. The number of aliphatic hydroxyl groups excluding tert-OH is 1. The molecule has 0 fully saturated rings. The molecule has 0 aliphatic heterocycles. The molecule has 2 aromatic heterocycles. The molecular formula is C19H20N2O3. The number of amides is 1. The van der Waals surface area contributed by atoms with Crippen molar-refractivity contribution in [2.24, 2.45) is 0 Å². The van der Waals surface area contributed by atoms with E-state index in [2.05, 4.69) is 10.3 Å². The fraction of sp³-hybridized carbons (Fsp3) is 0.263. The van der Waals surface area contributed by atoms with Crippen LogP contribution in [-0.2, 0) is 6.42 Å². The number of hydrogen-bond acceptors (Lipinski definition) is 4. The van der Waals surface area contributed by atoms with Gasteiger partial charge in [-0.15, -0.1) is 0 Å². The molecule has 5 nitrogen and oxygen atoms in total. The number of carbonyl (C=O) groups is 1. The number of nitrogens with one attached hydrogen (secondary N) is 1. The first-order valence-corrected chi connectivity index (χ1v) is 7.99. The van der Waals surface area contributed by atoms with Crippen LogP contribution in [0.15, 0.2) is 52.9 Å². The van der Waals surface area contributed by atoms with Crippen LogP contribution in [0.4, 0.5) is 0 Å². The highest BCUT2D eigenvalue weighted by atomic mass is 16.3. The molecule has 0 unspecified atom stereocenters. The standard InChI is InChI=1S/C19H20N2O3/c1-13-7-10-17-16(21-13)11-18(24-17)19(23)20-12-15(22)9-8-14-5-3-2-4-6-14/h2-7,10-11,15,22H,8-9,12H2,1H3,(H,20,23)/t15-/m1/s1. The Morgan fingerprint density at radius 1 is 1.25 bits per heavy atom. The summed E-state index contributed by atoms with van der Waals surface area (Å²) in [5.74, 6) is -0.136. The first kappa shape index (κ1) is 16.2. The van der Waals surface area contributed by atoms with Crippen LogP contribution in [0.2, 0.25) is 0 Å². The minimum absolute atomic E-state index is 0.190. The number of pyridine rings is 1. The number of aliphatic hydroxyl groups is 1. The quantitative estimate of drug-likeness (QED) is 0.731. The summed E-state index contributed by atoms with van der Waals surface area (Å²) in [7, 11) is 0. The Kier molecular flexibility index (Phi) is 4.91. The highest BCUT2D eigenvalue weighted by Gasteiger charge is 2.14. The second-order valence-electron chi connectivity index (χ2n) is 5.83. The van der Waals surface area contributed by atoms with Crippen molar-refractivity contribution in [2.75, 3.05) is 6.54 Å². The number of carbonyl (C=O) groups excluding carboxylic acids is 1. The van der Waals surface area contributed by atoms with Gasteiger partial charge < -0.3 is 14.8 Å². The molecule has 0 spiro atoms. The van der Waals surface area contributed by atoms with Crippen molar-refractivity contribution in [3.8, 4) is 0 Å². The Labute approximate surface area is 140 Å². The van der Waals surface area contributed by atoms with Crippen molar-refractivity contribution in [1.82, 2.24) is 10.3 Å². The maximum Gasteiger partial charge on any atom is 0.287 e. The maximum atomic E-state index is 12.1. The van der Waals surface area contributed by atoms with Gasteiger partial charge >= 0.3 is 0 Å². The summed E-state index contributed by atoms with van der Waals surface area (Å²) in [5.41, 5.74) is 3.27. The smallest absolute Gasteiger partial charge is 0.287 e. The average Bonchev–Trinajstić information content (AvgIpc) is 3.02. The Morgan fingerprint density at radius 3 is 2.83 bits per heavy atom. The molecule has 5 heteroatoms. The topological polar surface area (TPSA) is 75.4 Å². The summed E-state index contributed by atoms with van der Waals surface area (Å²) in [4.78, 5) is 16.4. The summed E-state index contributed by atoms with van der Waals surface area (Å²) < 4.78 is 5.49. The zero-order chi connectivity index (χ0) is 16.9. The lowest BCUT2D eigenvalue weighted by Gasteiger charge is -2.11. The van der Waals surface area contributed by atoms with Crippen molar-refractivity contribution in [1.29, 1.82) is 0 Å². The first-order chi connectivity index (χ1) is 11.6. The van der Waals surface area contributed by atoms with Gasteiger partial charge in [0.2, 0.25) is 0 Å². The van der Waals surface area contributed by atoms with Gasteiger partial charge in [0.25, 0.3) is 5.91 Å². The molecule has 2 heterocycles. The van der Waals surface area contributed by atoms with Crippen LogP contribution in [0.25, 0.3) is 11.1 Å². The summed E-state index contributed by atoms with van der Waals surface area (Å²) in [6.45, 7) is 2.07. The molecule has 0 bridgehead atoms. The largest absolute Gasteiger partial charge is 0.449 e. The van der Waals surface area contributed by atoms with Gasteiger partial charge in [-0.1, -0.05) is 30.3 Å². The molecule has 3 aromatic rings. The van der Waals surface area contributed by atoms with E-state index < -0.39 is 6.10 Å². The third-order valence-electron chi connectivity index (χ3n) is 3.84. The second kappa shape index (κ2) is 7.27. The van der Waals surface area contributed by atoms with Crippen LogP contribution in [-0.4, -0.2) is 28.6 Å². The Hall–Kier alpha value is -2.66. The van der Waals surface area contributed by atoms with E-state index in [0.29, 0.717) is 17.5 Å². The predicted octanol–water partition coefficient (Wildman–Crippen LogP) is 2.86. The van der Waals surface area contributed by atoms with Crippen LogP contribution < -0.4 is 5.32 Å². The van der Waals surface area contributed by atoms with E-state index in [1.807, 2.05) is 43.3 Å². The SMILES string of the molecule is Cc1ccc2oc(C(=O)NC[C@H](O)CCc3ccccc3)cc2n1. The third kappa shape index (κ3) is 4.00. The number of aryl methyl sites for hydroxylation is 2. The Balaban J connectivity index is 1.52. The molecule has 124 valence electrons. The molecule has 0 aliphatic carbocycles. The predicted molar refractivity (Wildman–Crippen MR) is 91.8 cm³/mol. The first-order valence-electron chi connectivity index (χ1n) is 7.99. The van der Waals surface area contributed by atoms with Crippen LogP contribution in [0, 0.1) is 6.92 Å². The van der Waals surface area contributed by atoms with Crippen LogP contribution >= 0.6 is 0 Å². The van der Waals surface area contributed by atoms with Gasteiger partial charge in [-0.2, -0.15) is 0 Å². The van der Waals surface area contributed by atoms with Crippen molar-refractivity contribution in [3.63, 3.8) is 0 Å². The van der Waals surface area contributed by atoms with E-state index in [4.69, 9.17) is 4.42 Å². The molecule has 0 saturated carbocycles. The molecule has 2 N–H and O–H groups in total. The second-order valence-corrected chi connectivity index (χ2v) is 5.83. The van der Waals surface area contributed by atoms with Gasteiger partial charge in [0.15, 0.2) is 11.3 Å². The normalized spacial score (nSPS) is 12.2. The van der Waals surface area contributed by atoms with Gasteiger partial charge in [0, 0.05) is 18.3 Å². The van der Waals surface area contributed by atoms with Crippen LogP contribution in [0.3, 0.4) is 0 Å². The zero-order valence-corrected chi connectivity index (χ0v) is 13.5. The van der Waals surface area contributed by atoms with E-state index in [1.54, 1.807) is 12.1 Å². The number of furan rings is 1. The molecule has 1 amide bonds. The van der Waals surface area contributed by atoms with Crippen LogP contribution in [0.1, 0.15) is 28.2 Å². The van der Waals surface area contributed by atoms with Gasteiger partial charge in [-0.3, -0.25) is 4.79 Å². The highest BCUT2D eigenvalue weighted by Crippen LogP contribution is 2.17. The average molecular weight is 324 g/mol. The summed E-state index contributed by atoms with van der Waals surface area (Å²) in [6.07, 6.45) is 0.760. The lowest BCUT2D eigenvalue weighted by molar-refractivity contribution is 0.0886. The fourth-order valence-electron chi connectivity index (χ4n) is 2.52. The monoisotopic (exact) mass is 324 g/mol. The van der Waals surface area contributed by atoms with E-state index >= 15 is 0 Å². The van der Waals surface area contributed by atoms with Crippen molar-refractivity contribution in [2.45, 2.75) is 25.9 Å². The number of nitrogens with zero attached hydrogens (tertiary/aromatic N) is 1. The Morgan fingerprint density at radius 2 is 2.04 bits per heavy atom. The minimum Gasteiger partial charge on any atom is -0.449 e. The van der Waals surface area contributed by atoms with E-state index in [0.717, 1.165) is 12.1 Å². The van der Waals surface area contributed by atoms with Crippen molar-refractivity contribution >= 4 is 17.0 Å². The van der Waals surface area contributed by atoms with E-state index in [9.17, 15) is 9.90 Å². The molecule has 0 saturated heterocycles. The Bertz CT molecular complexity index is 827. The molecule has 1 atom stereocenters. The molecule has 0 radical (unpaired) electrons. The van der Waals surface area contributed by atoms with Crippen molar-refractivity contribution in [3.05, 3.63) is 65.5 Å². The summed E-state index contributed by atoms with van der Waals surface area (Å²) >= 11 is 0. The van der Waals surface area contributed by atoms with Gasteiger partial charge in [0.1, 0.15) is 5.52 Å². The minimum atomic E-state index is -0.598. The van der Waals surface area contributed by atoms with Crippen LogP contribution in [0.5, 0.6) is 0 Å². The lowest BCUT2D eigenvalue weighted by atomic mass is 10.1. The molecular weight excluding hydrogens is 304 g/mol. The number of rotatable bonds is 6. The van der Waals surface area contributed by atoms with E-state index in [1.165, 1.54) is 5.56 Å². The maximum absolute atomic E-state index is 12.1. The van der Waals surface area contributed by atoms with Gasteiger partial charge in [-0.25, -0.2) is 4.98 Å². The zero-order valence-electron chi connectivity index (χ0n) is 13.5. The highest BCUT2D eigenvalue weighted by molar-refractivity contribution is 5.95. The van der Waals surface area contributed by atoms with Gasteiger partial charge in [0.05, 0.1) is 6.10 Å². The van der Waals surface area contributed by atoms with Gasteiger partial charge in [-0.05, 0) is 37.5 Å². The number of hydrogen-bond donors (Lipinski definition) is 2. The number of benzene rings is 1. The molecule has 0 aliphatic rings. The lowest BCUT2D eigenvalue weighted by Crippen LogP contribution is -2.32. The number of aromatic nitrogens is 1. The van der Waals surface area contributed by atoms with E-state index in [-0.39, 0.29) is 18.2 Å². The molecule has 24 heavy (non-hydrogen) atoms. The van der Waals surface area contributed by atoms with Crippen molar-refractivity contribution < 1.29 is 14.3 Å². The summed E-state index contributed by atoms with van der Waals surface area (Å²) in [6, 6.07) is 15.2. The summed E-state index contributed by atoms with van der Waals surface area (Å²) in [5, 5.41) is 12.7.